The van der Waals surface area contributed by atoms with Gasteiger partial charge in [0.1, 0.15) is 12.1 Å². The van der Waals surface area contributed by atoms with E-state index in [2.05, 4.69) is 33.2 Å². The number of carbonyl (C=O) groups is 3. The number of phenolic OH excluding ortho intramolecular Hbond substituents is 2. The van der Waals surface area contributed by atoms with Gasteiger partial charge in [0.2, 0.25) is 17.7 Å². The van der Waals surface area contributed by atoms with E-state index < -0.39 is 29.8 Å². The molecule has 0 spiro atoms. The molecule has 2 atom stereocenters. The van der Waals surface area contributed by atoms with E-state index >= 15 is 0 Å². The third-order valence-electron chi connectivity index (χ3n) is 3.88. The van der Waals surface area contributed by atoms with Crippen LogP contribution in [0.3, 0.4) is 0 Å². The van der Waals surface area contributed by atoms with E-state index in [1.54, 1.807) is 0 Å². The molecule has 2 aromatic rings. The fourth-order valence-corrected chi connectivity index (χ4v) is 2.60. The normalized spacial score (nSPS) is 13.0. The minimum atomic E-state index is -1.01. The monoisotopic (exact) mass is 419 g/mol. The molecule has 0 aliphatic heterocycles. The highest BCUT2D eigenvalue weighted by Gasteiger charge is 2.24. The van der Waals surface area contributed by atoms with Gasteiger partial charge in [0, 0.05) is 30.1 Å². The van der Waals surface area contributed by atoms with Gasteiger partial charge in [-0.05, 0) is 23.8 Å². The summed E-state index contributed by atoms with van der Waals surface area (Å²) in [5.41, 5.74) is 6.42. The van der Waals surface area contributed by atoms with Gasteiger partial charge in [-0.25, -0.2) is 4.98 Å². The Bertz CT molecular complexity index is 900. The number of aromatic nitrogens is 2. The van der Waals surface area contributed by atoms with Gasteiger partial charge in [0.15, 0.2) is 11.5 Å². The lowest BCUT2D eigenvalue weighted by atomic mass is 10.1. The minimum absolute atomic E-state index is 0.0129. The number of nitrogens with two attached hydrogens (primary N) is 1. The number of H-pyrrole nitrogens is 1. The summed E-state index contributed by atoms with van der Waals surface area (Å²) >= 11 is 4.06. The largest absolute Gasteiger partial charge is 0.504 e. The first kappa shape index (κ1) is 21.8. The van der Waals surface area contributed by atoms with Crippen LogP contribution in [0.15, 0.2) is 36.8 Å². The second kappa shape index (κ2) is 10.2. The van der Waals surface area contributed by atoms with Crippen molar-refractivity contribution in [2.24, 2.45) is 5.73 Å². The first-order chi connectivity index (χ1) is 13.8. The molecule has 0 fully saturated rings. The van der Waals surface area contributed by atoms with Crippen LogP contribution in [0, 0.1) is 0 Å². The molecule has 3 amide bonds. The molecule has 1 heterocycles. The number of hydrogen-bond acceptors (Lipinski definition) is 7. The number of rotatable bonds is 9. The van der Waals surface area contributed by atoms with Crippen molar-refractivity contribution in [3.63, 3.8) is 0 Å². The number of hydrogen-bond donors (Lipinski definition) is 7. The predicted molar refractivity (Wildman–Crippen MR) is 108 cm³/mol. The first-order valence-corrected chi connectivity index (χ1v) is 9.11. The molecular formula is C18H21N5O5S. The average molecular weight is 419 g/mol. The van der Waals surface area contributed by atoms with Crippen LogP contribution in [0.2, 0.25) is 0 Å². The number of nitrogens with zero attached hydrogens (tertiary/aromatic N) is 1. The zero-order valence-electron chi connectivity index (χ0n) is 15.2. The van der Waals surface area contributed by atoms with E-state index in [-0.39, 0.29) is 23.7 Å². The fraction of sp³-hybridized carbons (Fsp3) is 0.222. The van der Waals surface area contributed by atoms with Gasteiger partial charge < -0.3 is 31.6 Å². The lowest BCUT2D eigenvalue weighted by Gasteiger charge is -2.20. The van der Waals surface area contributed by atoms with Crippen LogP contribution >= 0.6 is 12.6 Å². The van der Waals surface area contributed by atoms with Gasteiger partial charge in [-0.3, -0.25) is 14.4 Å². The van der Waals surface area contributed by atoms with E-state index in [1.165, 1.54) is 36.8 Å². The van der Waals surface area contributed by atoms with Crippen molar-refractivity contribution >= 4 is 36.4 Å². The average Bonchev–Trinajstić information content (AvgIpc) is 3.19. The van der Waals surface area contributed by atoms with Gasteiger partial charge in [-0.2, -0.15) is 12.6 Å². The van der Waals surface area contributed by atoms with Crippen LogP contribution in [0.1, 0.15) is 11.3 Å². The van der Waals surface area contributed by atoms with Crippen molar-refractivity contribution in [1.29, 1.82) is 0 Å². The number of thiol groups is 1. The van der Waals surface area contributed by atoms with Gasteiger partial charge in [-0.15, -0.1) is 0 Å². The highest BCUT2D eigenvalue weighted by molar-refractivity contribution is 7.80. The highest BCUT2D eigenvalue weighted by Crippen LogP contribution is 2.25. The van der Waals surface area contributed by atoms with Crippen molar-refractivity contribution in [3.8, 4) is 11.5 Å². The summed E-state index contributed by atoms with van der Waals surface area (Å²) in [7, 11) is 0. The van der Waals surface area contributed by atoms with Crippen molar-refractivity contribution in [2.75, 3.05) is 5.75 Å². The number of aromatic amines is 1. The zero-order chi connectivity index (χ0) is 21.4. The van der Waals surface area contributed by atoms with E-state index in [0.717, 1.165) is 6.08 Å². The molecule has 11 heteroatoms. The Hall–Kier alpha value is -3.47. The first-order valence-electron chi connectivity index (χ1n) is 8.48. The van der Waals surface area contributed by atoms with E-state index in [1.807, 2.05) is 0 Å². The molecule has 2 rings (SSSR count). The van der Waals surface area contributed by atoms with Crippen molar-refractivity contribution in [2.45, 2.75) is 18.5 Å². The standard InChI is InChI=1S/C18H21N5O5S/c19-17(27)12(6-11-7-20-9-21-11)23-18(28)13(8-29)22-16(26)4-2-10-1-3-14(24)15(25)5-10/h1-5,7,9,12-13,24-25,29H,6,8H2,(H2,19,27)(H,20,21)(H,22,26)(H,23,28)/b4-2+/t12-,13-/m0/s1. The Morgan fingerprint density at radius 2 is 1.97 bits per heavy atom. The number of phenols is 2. The fourth-order valence-electron chi connectivity index (χ4n) is 2.34. The number of amides is 3. The third-order valence-corrected chi connectivity index (χ3v) is 4.25. The van der Waals surface area contributed by atoms with Crippen LogP contribution in [0.4, 0.5) is 0 Å². The molecule has 0 saturated heterocycles. The maximum absolute atomic E-state index is 12.4. The maximum Gasteiger partial charge on any atom is 0.244 e. The Labute approximate surface area is 171 Å². The summed E-state index contributed by atoms with van der Waals surface area (Å²) < 4.78 is 0. The maximum atomic E-state index is 12.4. The van der Waals surface area contributed by atoms with Crippen LogP contribution in [0.25, 0.3) is 6.08 Å². The summed E-state index contributed by atoms with van der Waals surface area (Å²) in [6, 6.07) is 2.05. The molecule has 154 valence electrons. The number of aromatic hydroxyl groups is 2. The third kappa shape index (κ3) is 6.57. The zero-order valence-corrected chi connectivity index (χ0v) is 16.1. The number of benzene rings is 1. The van der Waals surface area contributed by atoms with E-state index in [4.69, 9.17) is 5.73 Å². The number of primary amides is 1. The molecule has 0 bridgehead atoms. The van der Waals surface area contributed by atoms with Crippen molar-refractivity contribution in [3.05, 3.63) is 48.1 Å². The molecule has 0 unspecified atom stereocenters. The molecule has 0 aliphatic rings. The Kier molecular flexibility index (Phi) is 7.66. The topological polar surface area (TPSA) is 170 Å². The van der Waals surface area contributed by atoms with E-state index in [9.17, 15) is 24.6 Å². The Morgan fingerprint density at radius 3 is 2.55 bits per heavy atom. The van der Waals surface area contributed by atoms with E-state index in [0.29, 0.717) is 11.3 Å². The van der Waals surface area contributed by atoms with Gasteiger partial charge in [0.25, 0.3) is 0 Å². The number of carbonyl (C=O) groups excluding carboxylic acids is 3. The van der Waals surface area contributed by atoms with Gasteiger partial charge in [0.05, 0.1) is 6.33 Å². The second-order valence-corrected chi connectivity index (χ2v) is 6.43. The van der Waals surface area contributed by atoms with Crippen LogP contribution in [0.5, 0.6) is 11.5 Å². The Balaban J connectivity index is 1.96. The predicted octanol–water partition coefficient (Wildman–Crippen LogP) is -0.539. The molecule has 0 radical (unpaired) electrons. The smallest absolute Gasteiger partial charge is 0.244 e. The molecule has 29 heavy (non-hydrogen) atoms. The molecule has 1 aromatic carbocycles. The SMILES string of the molecule is NC(=O)[C@H](Cc1cnc[nH]1)NC(=O)[C@H](CS)NC(=O)/C=C/c1ccc(O)c(O)c1. The van der Waals surface area contributed by atoms with Crippen LogP contribution in [-0.2, 0) is 20.8 Å². The summed E-state index contributed by atoms with van der Waals surface area (Å²) in [6.07, 6.45) is 5.62. The molecular weight excluding hydrogens is 398 g/mol. The molecule has 0 saturated carbocycles. The summed E-state index contributed by atoms with van der Waals surface area (Å²) in [5.74, 6) is -2.55. The summed E-state index contributed by atoms with van der Waals surface area (Å²) in [6.45, 7) is 0. The quantitative estimate of drug-likeness (QED) is 0.163. The molecule has 10 nitrogen and oxygen atoms in total. The number of imidazole rings is 1. The molecule has 1 aromatic heterocycles. The Morgan fingerprint density at radius 1 is 1.21 bits per heavy atom. The van der Waals surface area contributed by atoms with Crippen LogP contribution < -0.4 is 16.4 Å². The highest BCUT2D eigenvalue weighted by atomic mass is 32.1. The minimum Gasteiger partial charge on any atom is -0.504 e. The van der Waals surface area contributed by atoms with Crippen molar-refractivity contribution in [1.82, 2.24) is 20.6 Å². The lowest BCUT2D eigenvalue weighted by molar-refractivity contribution is -0.129. The lowest BCUT2D eigenvalue weighted by Crippen LogP contribution is -2.54. The molecule has 0 aliphatic carbocycles. The number of nitrogens with one attached hydrogen (secondary N) is 3. The molecule has 7 N–H and O–H groups in total. The second-order valence-electron chi connectivity index (χ2n) is 6.07. The summed E-state index contributed by atoms with van der Waals surface area (Å²) in [4.78, 5) is 42.8. The summed E-state index contributed by atoms with van der Waals surface area (Å²) in [5, 5.41) is 23.7. The van der Waals surface area contributed by atoms with Gasteiger partial charge >= 0.3 is 0 Å². The van der Waals surface area contributed by atoms with Gasteiger partial charge in [-0.1, -0.05) is 6.07 Å². The van der Waals surface area contributed by atoms with Crippen molar-refractivity contribution < 1.29 is 24.6 Å². The van der Waals surface area contributed by atoms with Crippen LogP contribution in [-0.4, -0.2) is 55.7 Å².